The topological polar surface area (TPSA) is 301 Å². The van der Waals surface area contributed by atoms with E-state index in [1.807, 2.05) is 381 Å². The summed E-state index contributed by atoms with van der Waals surface area (Å²) in [5, 5.41) is 76.3. The number of aromatic nitrogens is 3. The summed E-state index contributed by atoms with van der Waals surface area (Å²) in [7, 11) is 0. The monoisotopic (exact) mass is 1900 g/mol. The molecule has 0 fully saturated rings. The molecular formula is C126H80N12O9. The molecule has 22 rings (SSSR count). The zero-order valence-electron chi connectivity index (χ0n) is 79.0. The number of rotatable bonds is 24. The van der Waals surface area contributed by atoms with Gasteiger partial charge in [0.15, 0.2) is 23.7 Å². The van der Waals surface area contributed by atoms with Crippen molar-refractivity contribution in [3.8, 4) is 140 Å². The lowest BCUT2D eigenvalue weighted by Gasteiger charge is -2.43. The summed E-state index contributed by atoms with van der Waals surface area (Å²) < 4.78 is 39.1. The third-order valence-corrected chi connectivity index (χ3v) is 27.2. The van der Waals surface area contributed by atoms with Gasteiger partial charge in [0.05, 0.1) is 51.6 Å². The first-order valence-corrected chi connectivity index (χ1v) is 47.2. The van der Waals surface area contributed by atoms with Crippen LogP contribution in [0.5, 0.6) is 69.0 Å². The molecule has 0 bridgehead atoms. The van der Waals surface area contributed by atoms with Gasteiger partial charge in [-0.2, -0.15) is 31.6 Å². The standard InChI is InChI=1S/C126H80N12O9/c1-79-31-46-103(67-82(79)73-127)142-97-49-34-88(35-50-97)124(115-28-16-13-25-112(115)121(139)136(124)94-19-7-4-8-20-94)91-40-55-100(56-41-91)145-106-61-64-109(85(70-106)76-130)118-133-119(110-65-62-107(71-86(110)77-131)146-101-57-42-92(43-58-101)125(89-36-51-98(52-37-89)143-104-47-32-80(2)83(68-104)74-128)116-29-17-14-26-113(116)122(140)137(125)95-21-9-5-10-22-95)135-120(134-118)111-66-63-108(72-87(111)78-132)147-102-59-44-93(45-60-102)126(90-38-53-99(54-39-90)144-105-48-33-81(3)84(69-105)75-129)117-30-18-15-27-114(117)123(141)138(126)96-23-11-6-12-24-96/h4-72,121,139H,1-3H3. The van der Waals surface area contributed by atoms with Crippen molar-refractivity contribution in [2.75, 3.05) is 14.7 Å². The highest BCUT2D eigenvalue weighted by molar-refractivity contribution is 6.15. The molecule has 698 valence electrons. The molecule has 4 heterocycles. The van der Waals surface area contributed by atoms with E-state index < -0.39 is 22.8 Å². The summed E-state index contributed by atoms with van der Waals surface area (Å²) in [5.41, 5.74) is 12.0. The van der Waals surface area contributed by atoms with Gasteiger partial charge in [0.2, 0.25) is 0 Å². The molecule has 1 aromatic heterocycles. The van der Waals surface area contributed by atoms with Crippen LogP contribution in [0, 0.1) is 88.8 Å². The molecule has 3 aliphatic rings. The Morgan fingerprint density at radius 2 is 0.476 bits per heavy atom. The molecule has 0 saturated heterocycles. The van der Waals surface area contributed by atoms with Crippen LogP contribution >= 0.6 is 0 Å². The van der Waals surface area contributed by atoms with E-state index in [9.17, 15) is 36.7 Å². The van der Waals surface area contributed by atoms with E-state index in [1.54, 1.807) is 72.8 Å². The van der Waals surface area contributed by atoms with Gasteiger partial charge in [-0.05, 0) is 300 Å². The number of benzene rings is 18. The van der Waals surface area contributed by atoms with Crippen LogP contribution in [-0.4, -0.2) is 31.9 Å². The third-order valence-electron chi connectivity index (χ3n) is 27.2. The Hall–Kier alpha value is -20.6. The number of carbonyl (C=O) groups is 2. The van der Waals surface area contributed by atoms with Gasteiger partial charge < -0.3 is 38.4 Å². The number of aliphatic hydroxyl groups excluding tert-OH is 1. The van der Waals surface area contributed by atoms with Crippen molar-refractivity contribution in [2.24, 2.45) is 0 Å². The molecule has 21 heteroatoms. The number of anilines is 3. The van der Waals surface area contributed by atoms with Crippen molar-refractivity contribution in [3.63, 3.8) is 0 Å². The summed E-state index contributed by atoms with van der Waals surface area (Å²) >= 11 is 0. The second-order valence-electron chi connectivity index (χ2n) is 35.6. The van der Waals surface area contributed by atoms with E-state index >= 15 is 9.59 Å². The predicted molar refractivity (Wildman–Crippen MR) is 556 cm³/mol. The molecule has 0 spiro atoms. The average molecular weight is 1910 g/mol. The zero-order chi connectivity index (χ0) is 101. The van der Waals surface area contributed by atoms with E-state index in [-0.39, 0.29) is 79.9 Å². The lowest BCUT2D eigenvalue weighted by atomic mass is 9.76. The summed E-state index contributed by atoms with van der Waals surface area (Å²) in [6, 6.07) is 142. The molecule has 0 radical (unpaired) electrons. The number of hydrogen-bond donors (Lipinski definition) is 1. The fourth-order valence-electron chi connectivity index (χ4n) is 20.3. The van der Waals surface area contributed by atoms with Crippen LogP contribution in [0.15, 0.2) is 419 Å². The van der Waals surface area contributed by atoms with E-state index in [0.717, 1.165) is 72.4 Å². The highest BCUT2D eigenvalue weighted by atomic mass is 16.5. The molecule has 4 atom stereocenters. The number of aliphatic hydroxyl groups is 1. The van der Waals surface area contributed by atoms with Crippen LogP contribution in [0.3, 0.4) is 0 Å². The molecule has 18 aromatic carbocycles. The van der Waals surface area contributed by atoms with Gasteiger partial charge in [-0.3, -0.25) is 19.4 Å². The van der Waals surface area contributed by atoms with Crippen LogP contribution in [0.25, 0.3) is 34.2 Å². The zero-order valence-corrected chi connectivity index (χ0v) is 79.0. The largest absolute Gasteiger partial charge is 0.457 e. The number of amides is 2. The van der Waals surface area contributed by atoms with Crippen LogP contribution < -0.4 is 43.1 Å². The van der Waals surface area contributed by atoms with E-state index in [0.29, 0.717) is 96.5 Å². The van der Waals surface area contributed by atoms with Gasteiger partial charge >= 0.3 is 0 Å². The lowest BCUT2D eigenvalue weighted by molar-refractivity contribution is 0.0978. The lowest BCUT2D eigenvalue weighted by Crippen LogP contribution is -2.46. The third kappa shape index (κ3) is 16.3. The van der Waals surface area contributed by atoms with Gasteiger partial charge in [-0.15, -0.1) is 0 Å². The minimum atomic E-state index is -1.25. The Morgan fingerprint density at radius 3 is 0.762 bits per heavy atom. The second kappa shape index (κ2) is 38.2. The van der Waals surface area contributed by atoms with Gasteiger partial charge in [0.25, 0.3) is 11.8 Å². The smallest absolute Gasteiger partial charge is 0.260 e. The first kappa shape index (κ1) is 91.5. The number of nitriles is 6. The van der Waals surface area contributed by atoms with Gasteiger partial charge in [0.1, 0.15) is 104 Å². The van der Waals surface area contributed by atoms with Gasteiger partial charge in [-0.25, -0.2) is 15.0 Å². The van der Waals surface area contributed by atoms with Crippen molar-refractivity contribution in [1.29, 1.82) is 31.6 Å². The first-order valence-electron chi connectivity index (χ1n) is 47.2. The molecule has 1 N–H and O–H groups in total. The molecule has 0 saturated carbocycles. The Bertz CT molecular complexity index is 8400. The maximum Gasteiger partial charge on any atom is 0.260 e. The van der Waals surface area contributed by atoms with Crippen molar-refractivity contribution in [1.82, 2.24) is 15.0 Å². The number of para-hydroxylation sites is 3. The Kier molecular flexibility index (Phi) is 23.8. The summed E-state index contributed by atoms with van der Waals surface area (Å²) in [4.78, 5) is 51.2. The first-order chi connectivity index (χ1) is 72.0. The minimum Gasteiger partial charge on any atom is -0.457 e. The quantitative estimate of drug-likeness (QED) is 0.0587. The van der Waals surface area contributed by atoms with Crippen molar-refractivity contribution in [2.45, 2.75) is 43.6 Å². The summed E-state index contributed by atoms with van der Waals surface area (Å²) in [5.74, 6) is 4.63. The number of ether oxygens (including phenoxy) is 6. The molecule has 4 unspecified atom stereocenters. The molecule has 3 aliphatic heterocycles. The molecule has 19 aromatic rings. The molecule has 2 amide bonds. The van der Waals surface area contributed by atoms with Crippen molar-refractivity contribution >= 4 is 28.9 Å². The van der Waals surface area contributed by atoms with Crippen molar-refractivity contribution < 1.29 is 43.1 Å². The molecular weight excluding hydrogens is 1830 g/mol. The molecule has 0 aliphatic carbocycles. The Labute approximate surface area is 846 Å². The highest BCUT2D eigenvalue weighted by Gasteiger charge is 2.56. The Morgan fingerprint density at radius 1 is 0.245 bits per heavy atom. The SMILES string of the molecule is Cc1ccc(Oc2ccc(C3(c4ccc(Oc5ccc(-c6nc(-c7ccc(Oc8ccc(C9(c%10ccc(Oc%11ccc(C)c(C#N)c%11)cc%10)c%10ccccc%10C(=O)N9c9ccccc9)cc8)cc7C#N)nc(-c7ccc(Oc8ccc(C9(c%10ccc(Oc%11ccc(C)c(C#N)c%11)cc%10)c%10ccccc%10C(O)N9c9ccccc9)cc8)cc7C#N)n6)c(C#N)c5)cc4)c4ccccc4C(=O)N3c3ccccc3)cc2)cc1C#N. The minimum absolute atomic E-state index is 0.000103. The number of carbonyl (C=O) groups excluding carboxylic acids is 2. The molecule has 147 heavy (non-hydrogen) atoms. The van der Waals surface area contributed by atoms with Gasteiger partial charge in [-0.1, -0.05) is 206 Å². The highest BCUT2D eigenvalue weighted by Crippen LogP contribution is 2.58. The van der Waals surface area contributed by atoms with Crippen molar-refractivity contribution in [3.05, 3.63) is 535 Å². The maximum absolute atomic E-state index is 15.2. The number of hydrogen-bond acceptors (Lipinski definition) is 19. The van der Waals surface area contributed by atoms with Crippen LogP contribution in [0.1, 0.15) is 133 Å². The van der Waals surface area contributed by atoms with Crippen LogP contribution in [0.4, 0.5) is 17.1 Å². The second-order valence-corrected chi connectivity index (χ2v) is 35.6. The Balaban J connectivity index is 0.608. The fourth-order valence-corrected chi connectivity index (χ4v) is 20.3. The molecule has 21 nitrogen and oxygen atoms in total. The van der Waals surface area contributed by atoms with Crippen LogP contribution in [-0.2, 0) is 16.6 Å². The number of aryl methyl sites for hydroxylation is 3. The maximum atomic E-state index is 15.2. The number of fused-ring (bicyclic) bond motifs is 3. The predicted octanol–water partition coefficient (Wildman–Crippen LogP) is 27.5. The van der Waals surface area contributed by atoms with Crippen LogP contribution in [0.2, 0.25) is 0 Å². The summed E-state index contributed by atoms with van der Waals surface area (Å²) in [6.45, 7) is 5.61. The van der Waals surface area contributed by atoms with E-state index in [2.05, 4.69) is 36.4 Å². The van der Waals surface area contributed by atoms with Gasteiger partial charge in [0, 0.05) is 50.4 Å². The normalized spacial score (nSPS) is 15.6. The fraction of sp³-hybridized carbons (Fsp3) is 0.0556. The van der Waals surface area contributed by atoms with E-state index in [1.165, 1.54) is 0 Å². The number of nitrogens with zero attached hydrogens (tertiary/aromatic N) is 12. The summed E-state index contributed by atoms with van der Waals surface area (Å²) in [6.07, 6.45) is -1.09. The van der Waals surface area contributed by atoms with E-state index in [4.69, 9.17) is 43.4 Å². The average Bonchev–Trinajstić information content (AvgIpc) is 1.55.